The first kappa shape index (κ1) is 24.8. The van der Waals surface area contributed by atoms with Crippen molar-refractivity contribution in [1.29, 1.82) is 0 Å². The van der Waals surface area contributed by atoms with Gasteiger partial charge in [-0.25, -0.2) is 9.59 Å². The lowest BCUT2D eigenvalue weighted by atomic mass is 10.0. The molecule has 3 N–H and O–H groups in total. The molecule has 12 nitrogen and oxygen atoms in total. The van der Waals surface area contributed by atoms with E-state index in [0.29, 0.717) is 12.1 Å². The quantitative estimate of drug-likeness (QED) is 0.154. The second kappa shape index (κ2) is 10.8. The van der Waals surface area contributed by atoms with Crippen molar-refractivity contribution in [2.45, 2.75) is 25.3 Å². The third-order valence-electron chi connectivity index (χ3n) is 4.79. The molecule has 2 aliphatic rings. The van der Waals surface area contributed by atoms with Crippen LogP contribution in [0.5, 0.6) is 0 Å². The van der Waals surface area contributed by atoms with Crippen molar-refractivity contribution in [2.75, 3.05) is 18.9 Å². The van der Waals surface area contributed by atoms with E-state index in [2.05, 4.69) is 15.8 Å². The predicted octanol–water partition coefficient (Wildman–Crippen LogP) is 0.439. The first-order chi connectivity index (χ1) is 16.2. The lowest BCUT2D eigenvalue weighted by Gasteiger charge is -2.49. The van der Waals surface area contributed by atoms with Gasteiger partial charge in [-0.2, -0.15) is 0 Å². The van der Waals surface area contributed by atoms with Gasteiger partial charge in [0.15, 0.2) is 5.71 Å². The summed E-state index contributed by atoms with van der Waals surface area (Å²) in [5, 5.41) is 17.5. The van der Waals surface area contributed by atoms with Crippen LogP contribution >= 0.6 is 11.8 Å². The number of esters is 1. The van der Waals surface area contributed by atoms with Crippen molar-refractivity contribution in [2.24, 2.45) is 5.16 Å². The lowest BCUT2D eigenvalue weighted by molar-refractivity contribution is -0.150. The molecule has 0 saturated carbocycles. The second-order valence-corrected chi connectivity index (χ2v) is 8.22. The third-order valence-corrected chi connectivity index (χ3v) is 6.13. The molecule has 2 aliphatic heterocycles. The molecule has 3 rings (SSSR count). The molecule has 13 heteroatoms. The Hall–Kier alpha value is -3.87. The maximum Gasteiger partial charge on any atom is 0.433 e. The van der Waals surface area contributed by atoms with E-state index in [1.165, 1.54) is 18.7 Å². The maximum absolute atomic E-state index is 13.0. The molecule has 0 unspecified atom stereocenters. The SMILES string of the molecule is CCNC(=O)O/N=C(/C(=O)N[C@@H]1C(=O)N2C(C(=O)O)=C(COC(C)=O)CS[C@H]12)c1ccccc1. The van der Waals surface area contributed by atoms with Gasteiger partial charge in [0.2, 0.25) is 0 Å². The number of hydrogen-bond acceptors (Lipinski definition) is 9. The summed E-state index contributed by atoms with van der Waals surface area (Å²) in [6.45, 7) is 2.93. The second-order valence-electron chi connectivity index (χ2n) is 7.11. The summed E-state index contributed by atoms with van der Waals surface area (Å²) in [7, 11) is 0. The van der Waals surface area contributed by atoms with Gasteiger partial charge in [0.25, 0.3) is 11.8 Å². The fourth-order valence-electron chi connectivity index (χ4n) is 3.28. The number of β-lactam (4-membered cyclic amide) rings is 1. The van der Waals surface area contributed by atoms with Crippen molar-refractivity contribution < 1.29 is 38.7 Å². The first-order valence-electron chi connectivity index (χ1n) is 10.2. The van der Waals surface area contributed by atoms with Crippen LogP contribution in [0.4, 0.5) is 4.79 Å². The van der Waals surface area contributed by atoms with Gasteiger partial charge < -0.3 is 20.5 Å². The number of hydrogen-bond donors (Lipinski definition) is 3. The highest BCUT2D eigenvalue weighted by atomic mass is 32.2. The van der Waals surface area contributed by atoms with Crippen LogP contribution in [-0.4, -0.2) is 75.9 Å². The lowest BCUT2D eigenvalue weighted by Crippen LogP contribution is -2.71. The number of fused-ring (bicyclic) bond motifs is 1. The third kappa shape index (κ3) is 5.36. The number of oxime groups is 1. The molecule has 0 aliphatic carbocycles. The Labute approximate surface area is 198 Å². The highest BCUT2D eigenvalue weighted by Gasteiger charge is 2.54. The van der Waals surface area contributed by atoms with Crippen LogP contribution in [0.15, 0.2) is 46.8 Å². The van der Waals surface area contributed by atoms with Gasteiger partial charge in [0.05, 0.1) is 0 Å². The number of rotatable bonds is 8. The van der Waals surface area contributed by atoms with Crippen molar-refractivity contribution >= 4 is 47.3 Å². The Morgan fingerprint density at radius 2 is 1.94 bits per heavy atom. The standard InChI is InChI=1S/C21H22N4O8S/c1-3-22-21(31)33-24-14(12-7-5-4-6-8-12)17(27)23-15-18(28)25-16(20(29)30)13(9-32-11(2)26)10-34-19(15)25/h4-8,15,19H,3,9-10H2,1-2H3,(H,22,31)(H,23,27)(H,29,30)/b24-14+/t15-,19-/m1/s1. The molecular weight excluding hydrogens is 468 g/mol. The van der Waals surface area contributed by atoms with Crippen molar-refractivity contribution in [3.05, 3.63) is 47.2 Å². The molecule has 1 fully saturated rings. The van der Waals surface area contributed by atoms with Gasteiger partial charge in [-0.15, -0.1) is 11.8 Å². The number of amides is 3. The van der Waals surface area contributed by atoms with Gasteiger partial charge in [-0.3, -0.25) is 24.1 Å². The molecule has 0 aromatic heterocycles. The molecule has 0 bridgehead atoms. The molecule has 1 aromatic carbocycles. The van der Waals surface area contributed by atoms with Crippen LogP contribution in [-0.2, 0) is 28.8 Å². The molecule has 0 spiro atoms. The van der Waals surface area contributed by atoms with Gasteiger partial charge in [0.1, 0.15) is 23.7 Å². The number of benzene rings is 1. The van der Waals surface area contributed by atoms with Crippen LogP contribution in [0.3, 0.4) is 0 Å². The molecule has 180 valence electrons. The number of nitrogens with zero attached hydrogens (tertiary/aromatic N) is 2. The van der Waals surface area contributed by atoms with Crippen LogP contribution in [0.2, 0.25) is 0 Å². The van der Waals surface area contributed by atoms with E-state index in [9.17, 15) is 29.1 Å². The predicted molar refractivity (Wildman–Crippen MR) is 119 cm³/mol. The Morgan fingerprint density at radius 1 is 1.24 bits per heavy atom. The van der Waals surface area contributed by atoms with E-state index in [0.717, 1.165) is 4.90 Å². The number of carboxylic acids is 1. The summed E-state index contributed by atoms with van der Waals surface area (Å²) in [5.74, 6) is -3.14. The van der Waals surface area contributed by atoms with Crippen LogP contribution in [0.1, 0.15) is 19.4 Å². The molecule has 0 radical (unpaired) electrons. The number of nitrogens with one attached hydrogen (secondary N) is 2. The summed E-state index contributed by atoms with van der Waals surface area (Å²) < 4.78 is 4.90. The van der Waals surface area contributed by atoms with Gasteiger partial charge in [-0.05, 0) is 6.92 Å². The summed E-state index contributed by atoms with van der Waals surface area (Å²) in [6.07, 6.45) is -0.853. The average Bonchev–Trinajstić information content (AvgIpc) is 2.81. The Balaban J connectivity index is 1.78. The number of carbonyl (C=O) groups excluding carboxylic acids is 4. The molecule has 1 aromatic rings. The number of ether oxygens (including phenoxy) is 1. The minimum absolute atomic E-state index is 0.190. The molecule has 3 amide bonds. The Bertz CT molecular complexity index is 1070. The van der Waals surface area contributed by atoms with E-state index < -0.39 is 41.3 Å². The topological polar surface area (TPSA) is 164 Å². The monoisotopic (exact) mass is 490 g/mol. The minimum Gasteiger partial charge on any atom is -0.477 e. The van der Waals surface area contributed by atoms with Crippen molar-refractivity contribution in [3.8, 4) is 0 Å². The highest BCUT2D eigenvalue weighted by molar-refractivity contribution is 8.00. The minimum atomic E-state index is -1.34. The van der Waals surface area contributed by atoms with Crippen molar-refractivity contribution in [1.82, 2.24) is 15.5 Å². The van der Waals surface area contributed by atoms with Gasteiger partial charge in [0, 0.05) is 30.4 Å². The maximum atomic E-state index is 13.0. The zero-order chi connectivity index (χ0) is 24.8. The van der Waals surface area contributed by atoms with Gasteiger partial charge in [-0.1, -0.05) is 35.5 Å². The van der Waals surface area contributed by atoms with E-state index >= 15 is 0 Å². The van der Waals surface area contributed by atoms with E-state index in [4.69, 9.17) is 9.57 Å². The summed E-state index contributed by atoms with van der Waals surface area (Å²) in [6, 6.07) is 7.17. The number of aliphatic carboxylic acids is 1. The summed E-state index contributed by atoms with van der Waals surface area (Å²) >= 11 is 1.22. The molecule has 1 saturated heterocycles. The summed E-state index contributed by atoms with van der Waals surface area (Å²) in [4.78, 5) is 66.1. The molecular formula is C21H22N4O8S. The van der Waals surface area contributed by atoms with Crippen LogP contribution in [0, 0.1) is 0 Å². The number of thioether (sulfide) groups is 1. The Kier molecular flexibility index (Phi) is 7.89. The van der Waals surface area contributed by atoms with E-state index in [1.807, 2.05) is 0 Å². The zero-order valence-electron chi connectivity index (χ0n) is 18.3. The largest absolute Gasteiger partial charge is 0.477 e. The Morgan fingerprint density at radius 3 is 2.56 bits per heavy atom. The zero-order valence-corrected chi connectivity index (χ0v) is 19.1. The van der Waals surface area contributed by atoms with Crippen LogP contribution in [0.25, 0.3) is 0 Å². The fraction of sp³-hybridized carbons (Fsp3) is 0.333. The molecule has 2 atom stereocenters. The van der Waals surface area contributed by atoms with Crippen LogP contribution < -0.4 is 10.6 Å². The van der Waals surface area contributed by atoms with Gasteiger partial charge >= 0.3 is 18.0 Å². The fourth-order valence-corrected chi connectivity index (χ4v) is 4.60. The average molecular weight is 490 g/mol. The van der Waals surface area contributed by atoms with E-state index in [-0.39, 0.29) is 29.3 Å². The van der Waals surface area contributed by atoms with Crippen molar-refractivity contribution in [3.63, 3.8) is 0 Å². The smallest absolute Gasteiger partial charge is 0.433 e. The molecule has 34 heavy (non-hydrogen) atoms. The normalized spacial score (nSPS) is 19.5. The first-order valence-corrected chi connectivity index (χ1v) is 11.2. The molecule has 2 heterocycles. The number of carboxylic acid groups (broad SMARTS) is 1. The highest BCUT2D eigenvalue weighted by Crippen LogP contribution is 2.40. The van der Waals surface area contributed by atoms with E-state index in [1.54, 1.807) is 37.3 Å². The number of carbonyl (C=O) groups is 5. The summed E-state index contributed by atoms with van der Waals surface area (Å²) in [5.41, 5.74) is 0.128.